The molecule has 2 N–H and O–H groups in total. The van der Waals surface area contributed by atoms with E-state index in [4.69, 9.17) is 10.2 Å². The van der Waals surface area contributed by atoms with Crippen molar-refractivity contribution in [2.24, 2.45) is 5.92 Å². The van der Waals surface area contributed by atoms with E-state index in [9.17, 15) is 9.59 Å². The Balaban J connectivity index is 0. The maximum atomic E-state index is 10.4. The maximum absolute atomic E-state index is 10.4. The summed E-state index contributed by atoms with van der Waals surface area (Å²) in [6.07, 6.45) is 8.27. The second kappa shape index (κ2) is 15.0. The molecule has 0 aliphatic heterocycles. The molecule has 4 nitrogen and oxygen atoms in total. The van der Waals surface area contributed by atoms with Crippen LogP contribution in [0.2, 0.25) is 0 Å². The zero-order valence-electron chi connectivity index (χ0n) is 12.7. The summed E-state index contributed by atoms with van der Waals surface area (Å²) >= 11 is 0. The Labute approximate surface area is 117 Å². The molecule has 114 valence electrons. The average molecular weight is 274 g/mol. The van der Waals surface area contributed by atoms with Crippen LogP contribution in [-0.2, 0) is 9.59 Å². The summed E-state index contributed by atoms with van der Waals surface area (Å²) < 4.78 is 0. The number of carboxylic acid groups (broad SMARTS) is 2. The van der Waals surface area contributed by atoms with Crippen LogP contribution in [0, 0.1) is 5.92 Å². The predicted molar refractivity (Wildman–Crippen MR) is 77.3 cm³/mol. The van der Waals surface area contributed by atoms with E-state index in [1.807, 2.05) is 6.92 Å². The molecule has 0 aromatic carbocycles. The molecule has 0 spiro atoms. The number of rotatable bonds is 10. The molecule has 0 radical (unpaired) electrons. The minimum atomic E-state index is -0.675. The van der Waals surface area contributed by atoms with E-state index in [0.717, 1.165) is 44.9 Å². The van der Waals surface area contributed by atoms with Crippen LogP contribution in [0.1, 0.15) is 78.6 Å². The zero-order chi connectivity index (χ0) is 15.1. The highest BCUT2D eigenvalue weighted by atomic mass is 16.4. The molecule has 4 heteroatoms. The van der Waals surface area contributed by atoms with Gasteiger partial charge in [-0.3, -0.25) is 9.59 Å². The first-order chi connectivity index (χ1) is 8.99. The van der Waals surface area contributed by atoms with E-state index < -0.39 is 11.9 Å². The quantitative estimate of drug-likeness (QED) is 0.581. The second-order valence-corrected chi connectivity index (χ2v) is 4.79. The normalized spacial score (nSPS) is 11.3. The molecule has 0 aromatic heterocycles. The van der Waals surface area contributed by atoms with Crippen LogP contribution in [0.3, 0.4) is 0 Å². The highest BCUT2D eigenvalue weighted by Crippen LogP contribution is 2.11. The summed E-state index contributed by atoms with van der Waals surface area (Å²) in [5.41, 5.74) is 0. The lowest BCUT2D eigenvalue weighted by atomic mass is 10.00. The van der Waals surface area contributed by atoms with Crippen LogP contribution < -0.4 is 0 Å². The molecule has 1 unspecified atom stereocenters. The fourth-order valence-electron chi connectivity index (χ4n) is 1.66. The molecule has 0 amide bonds. The molecular weight excluding hydrogens is 244 g/mol. The molecule has 0 aliphatic rings. The van der Waals surface area contributed by atoms with E-state index in [1.165, 1.54) is 6.42 Å². The highest BCUT2D eigenvalue weighted by Gasteiger charge is 2.12. The molecule has 0 aliphatic carbocycles. The number of carbonyl (C=O) groups is 2. The first-order valence-electron chi connectivity index (χ1n) is 7.44. The van der Waals surface area contributed by atoms with E-state index in [2.05, 4.69) is 13.8 Å². The van der Waals surface area contributed by atoms with Gasteiger partial charge in [0.2, 0.25) is 0 Å². The standard InChI is InChI=1S/C8H16O2.C7H14O2/c1-3-5-6-7(4-2)8(9)10;1-2-3-4-5-6-7(8)9/h7H,3-6H2,1-2H3,(H,9,10);2-6H2,1H3,(H,8,9). The monoisotopic (exact) mass is 274 g/mol. The van der Waals surface area contributed by atoms with Crippen LogP contribution >= 0.6 is 0 Å². The van der Waals surface area contributed by atoms with Crippen LogP contribution in [0.15, 0.2) is 0 Å². The Morgan fingerprint density at radius 2 is 1.47 bits per heavy atom. The van der Waals surface area contributed by atoms with Gasteiger partial charge >= 0.3 is 11.9 Å². The summed E-state index contributed by atoms with van der Waals surface area (Å²) in [6, 6.07) is 0. The summed E-state index contributed by atoms with van der Waals surface area (Å²) in [4.78, 5) is 20.4. The van der Waals surface area contributed by atoms with Crippen molar-refractivity contribution >= 4 is 11.9 Å². The Kier molecular flexibility index (Phi) is 16.0. The van der Waals surface area contributed by atoms with Gasteiger partial charge in [-0.25, -0.2) is 0 Å². The van der Waals surface area contributed by atoms with Crippen molar-refractivity contribution < 1.29 is 19.8 Å². The summed E-state index contributed by atoms with van der Waals surface area (Å²) in [7, 11) is 0. The van der Waals surface area contributed by atoms with Gasteiger partial charge in [0.1, 0.15) is 0 Å². The minimum absolute atomic E-state index is 0.111. The van der Waals surface area contributed by atoms with Crippen molar-refractivity contribution in [1.29, 1.82) is 0 Å². The highest BCUT2D eigenvalue weighted by molar-refractivity contribution is 5.69. The van der Waals surface area contributed by atoms with Gasteiger partial charge in [0.05, 0.1) is 5.92 Å². The van der Waals surface area contributed by atoms with Crippen molar-refractivity contribution in [3.05, 3.63) is 0 Å². The van der Waals surface area contributed by atoms with Crippen molar-refractivity contribution in [1.82, 2.24) is 0 Å². The lowest BCUT2D eigenvalue weighted by molar-refractivity contribution is -0.142. The van der Waals surface area contributed by atoms with Crippen molar-refractivity contribution in [3.8, 4) is 0 Å². The predicted octanol–water partition coefficient (Wildman–Crippen LogP) is 4.33. The third-order valence-electron chi connectivity index (χ3n) is 2.99. The fourth-order valence-corrected chi connectivity index (χ4v) is 1.66. The van der Waals surface area contributed by atoms with Gasteiger partial charge in [-0.1, -0.05) is 52.9 Å². The Bertz CT molecular complexity index is 226. The van der Waals surface area contributed by atoms with Crippen LogP contribution in [0.25, 0.3) is 0 Å². The van der Waals surface area contributed by atoms with E-state index in [-0.39, 0.29) is 5.92 Å². The van der Waals surface area contributed by atoms with E-state index >= 15 is 0 Å². The number of aliphatic carboxylic acids is 2. The van der Waals surface area contributed by atoms with Gasteiger partial charge in [0.25, 0.3) is 0 Å². The number of hydrogen-bond donors (Lipinski definition) is 2. The van der Waals surface area contributed by atoms with Crippen molar-refractivity contribution in [3.63, 3.8) is 0 Å². The third kappa shape index (κ3) is 16.9. The van der Waals surface area contributed by atoms with Crippen LogP contribution in [-0.4, -0.2) is 22.2 Å². The zero-order valence-corrected chi connectivity index (χ0v) is 12.7. The molecule has 1 atom stereocenters. The minimum Gasteiger partial charge on any atom is -0.481 e. The molecular formula is C15H30O4. The maximum Gasteiger partial charge on any atom is 0.306 e. The summed E-state index contributed by atoms with van der Waals surface area (Å²) in [6.45, 7) is 6.11. The molecule has 0 aromatic rings. The molecule has 0 bridgehead atoms. The molecule has 0 fully saturated rings. The molecule has 0 saturated heterocycles. The third-order valence-corrected chi connectivity index (χ3v) is 2.99. The van der Waals surface area contributed by atoms with Gasteiger partial charge < -0.3 is 10.2 Å². The Morgan fingerprint density at radius 1 is 0.895 bits per heavy atom. The lowest BCUT2D eigenvalue weighted by Crippen LogP contribution is -2.11. The fraction of sp³-hybridized carbons (Fsp3) is 0.867. The second-order valence-electron chi connectivity index (χ2n) is 4.79. The number of hydrogen-bond acceptors (Lipinski definition) is 2. The molecule has 0 rings (SSSR count). The van der Waals surface area contributed by atoms with Crippen LogP contribution in [0.5, 0.6) is 0 Å². The first-order valence-corrected chi connectivity index (χ1v) is 7.44. The molecule has 19 heavy (non-hydrogen) atoms. The molecule has 0 heterocycles. The van der Waals surface area contributed by atoms with Crippen molar-refractivity contribution in [2.75, 3.05) is 0 Å². The van der Waals surface area contributed by atoms with Crippen LogP contribution in [0.4, 0.5) is 0 Å². The average Bonchev–Trinajstić information content (AvgIpc) is 2.36. The molecule has 0 saturated carbocycles. The lowest BCUT2D eigenvalue weighted by Gasteiger charge is -2.06. The van der Waals surface area contributed by atoms with E-state index in [0.29, 0.717) is 6.42 Å². The van der Waals surface area contributed by atoms with Gasteiger partial charge in [-0.15, -0.1) is 0 Å². The van der Waals surface area contributed by atoms with Gasteiger partial charge in [-0.05, 0) is 19.3 Å². The SMILES string of the molecule is CCCCC(CC)C(=O)O.CCCCCCC(=O)O. The topological polar surface area (TPSA) is 74.6 Å². The largest absolute Gasteiger partial charge is 0.481 e. The summed E-state index contributed by atoms with van der Waals surface area (Å²) in [5.74, 6) is -1.43. The smallest absolute Gasteiger partial charge is 0.306 e. The van der Waals surface area contributed by atoms with Gasteiger partial charge in [0.15, 0.2) is 0 Å². The Hall–Kier alpha value is -1.06. The number of unbranched alkanes of at least 4 members (excludes halogenated alkanes) is 4. The first kappa shape index (κ1) is 20.3. The van der Waals surface area contributed by atoms with E-state index in [1.54, 1.807) is 0 Å². The summed E-state index contributed by atoms with van der Waals surface area (Å²) in [5, 5.41) is 16.8. The Morgan fingerprint density at radius 3 is 1.84 bits per heavy atom. The van der Waals surface area contributed by atoms with Crippen molar-refractivity contribution in [2.45, 2.75) is 78.6 Å². The number of carboxylic acids is 2. The van der Waals surface area contributed by atoms with Gasteiger partial charge in [-0.2, -0.15) is 0 Å². The van der Waals surface area contributed by atoms with Gasteiger partial charge in [0, 0.05) is 6.42 Å².